The third-order valence-electron chi connectivity index (χ3n) is 3.64. The standard InChI is InChI=1S/C11H17F2NO3/c12-11(13)3-1-7(2-4-11)10(17)14-5-8(15)9(16)6-14/h7-9,15-16H,1-6H2/t8-,9+. The SMILES string of the molecule is O=C(C1CCC(F)(F)CC1)N1C[C@@H](O)[C@@H](O)C1. The van der Waals surface area contributed by atoms with Crippen LogP contribution in [-0.2, 0) is 4.79 Å². The van der Waals surface area contributed by atoms with Crippen molar-refractivity contribution < 1.29 is 23.8 Å². The number of β-amino-alcohol motifs (C(OH)–C–C–N with tert-alkyl or cyclic N) is 2. The van der Waals surface area contributed by atoms with Gasteiger partial charge >= 0.3 is 0 Å². The molecule has 1 aliphatic carbocycles. The van der Waals surface area contributed by atoms with E-state index in [1.165, 1.54) is 4.90 Å². The highest BCUT2D eigenvalue weighted by molar-refractivity contribution is 5.79. The molecule has 1 saturated heterocycles. The van der Waals surface area contributed by atoms with Gasteiger partial charge in [0.1, 0.15) is 0 Å². The number of amides is 1. The lowest BCUT2D eigenvalue weighted by Gasteiger charge is -2.30. The van der Waals surface area contributed by atoms with Crippen LogP contribution < -0.4 is 0 Å². The lowest BCUT2D eigenvalue weighted by Crippen LogP contribution is -2.38. The molecule has 2 fully saturated rings. The Kier molecular flexibility index (Phi) is 3.36. The molecule has 2 aliphatic rings. The minimum absolute atomic E-state index is 0.104. The van der Waals surface area contributed by atoms with Crippen molar-refractivity contribution >= 4 is 5.91 Å². The van der Waals surface area contributed by atoms with Gasteiger partial charge in [-0.15, -0.1) is 0 Å². The van der Waals surface area contributed by atoms with Crippen molar-refractivity contribution in [1.82, 2.24) is 4.90 Å². The van der Waals surface area contributed by atoms with Crippen LogP contribution in [-0.4, -0.2) is 52.2 Å². The zero-order valence-electron chi connectivity index (χ0n) is 9.48. The van der Waals surface area contributed by atoms with Gasteiger partial charge in [0.05, 0.1) is 12.2 Å². The van der Waals surface area contributed by atoms with Crippen LogP contribution in [0, 0.1) is 5.92 Å². The Bertz CT molecular complexity index is 291. The van der Waals surface area contributed by atoms with Gasteiger partial charge in [0.15, 0.2) is 0 Å². The number of hydrogen-bond acceptors (Lipinski definition) is 3. The molecule has 6 heteroatoms. The number of likely N-dealkylation sites (tertiary alicyclic amines) is 1. The number of aliphatic hydroxyl groups excluding tert-OH is 2. The second-order valence-corrected chi connectivity index (χ2v) is 5.01. The summed E-state index contributed by atoms with van der Waals surface area (Å²) in [6.07, 6.45) is -1.94. The van der Waals surface area contributed by atoms with Gasteiger partial charge < -0.3 is 15.1 Å². The maximum Gasteiger partial charge on any atom is 0.248 e. The van der Waals surface area contributed by atoms with Crippen LogP contribution in [0.2, 0.25) is 0 Å². The first-order valence-corrected chi connectivity index (χ1v) is 5.92. The highest BCUT2D eigenvalue weighted by Crippen LogP contribution is 2.37. The zero-order chi connectivity index (χ0) is 12.6. The van der Waals surface area contributed by atoms with Crippen molar-refractivity contribution in [2.75, 3.05) is 13.1 Å². The first kappa shape index (κ1) is 12.7. The summed E-state index contributed by atoms with van der Waals surface area (Å²) in [5.74, 6) is -3.23. The summed E-state index contributed by atoms with van der Waals surface area (Å²) in [5.41, 5.74) is 0. The topological polar surface area (TPSA) is 60.8 Å². The predicted molar refractivity (Wildman–Crippen MR) is 55.5 cm³/mol. The zero-order valence-corrected chi connectivity index (χ0v) is 9.48. The van der Waals surface area contributed by atoms with E-state index in [2.05, 4.69) is 0 Å². The average molecular weight is 249 g/mol. The van der Waals surface area contributed by atoms with Crippen LogP contribution in [0.25, 0.3) is 0 Å². The van der Waals surface area contributed by atoms with E-state index in [1.54, 1.807) is 0 Å². The quantitative estimate of drug-likeness (QED) is 0.706. The number of rotatable bonds is 1. The van der Waals surface area contributed by atoms with E-state index in [1.807, 2.05) is 0 Å². The Morgan fingerprint density at radius 3 is 2.06 bits per heavy atom. The molecule has 0 aromatic carbocycles. The first-order chi connectivity index (χ1) is 7.89. The van der Waals surface area contributed by atoms with Crippen LogP contribution in [0.1, 0.15) is 25.7 Å². The highest BCUT2D eigenvalue weighted by atomic mass is 19.3. The first-order valence-electron chi connectivity index (χ1n) is 5.92. The van der Waals surface area contributed by atoms with Crippen molar-refractivity contribution in [3.8, 4) is 0 Å². The van der Waals surface area contributed by atoms with E-state index in [0.29, 0.717) is 0 Å². The van der Waals surface area contributed by atoms with Crippen LogP contribution >= 0.6 is 0 Å². The molecule has 0 bridgehead atoms. The molecule has 2 atom stereocenters. The summed E-state index contributed by atoms with van der Waals surface area (Å²) in [4.78, 5) is 13.3. The van der Waals surface area contributed by atoms with E-state index in [0.717, 1.165) is 0 Å². The van der Waals surface area contributed by atoms with Crippen molar-refractivity contribution in [3.63, 3.8) is 0 Å². The van der Waals surface area contributed by atoms with E-state index in [-0.39, 0.29) is 50.6 Å². The largest absolute Gasteiger partial charge is 0.388 e. The van der Waals surface area contributed by atoms with Crippen molar-refractivity contribution in [2.24, 2.45) is 5.92 Å². The Labute approximate surface area is 98.2 Å². The van der Waals surface area contributed by atoms with E-state index < -0.39 is 18.1 Å². The molecule has 2 N–H and O–H groups in total. The molecule has 0 radical (unpaired) electrons. The number of alkyl halides is 2. The highest BCUT2D eigenvalue weighted by Gasteiger charge is 2.41. The lowest BCUT2D eigenvalue weighted by atomic mass is 9.86. The molecule has 4 nitrogen and oxygen atoms in total. The fourth-order valence-electron chi connectivity index (χ4n) is 2.49. The maximum atomic E-state index is 12.9. The normalized spacial score (nSPS) is 34.0. The third kappa shape index (κ3) is 2.74. The van der Waals surface area contributed by atoms with Gasteiger partial charge in [-0.25, -0.2) is 8.78 Å². The molecule has 0 unspecified atom stereocenters. The number of nitrogens with zero attached hydrogens (tertiary/aromatic N) is 1. The number of carbonyl (C=O) groups is 1. The van der Waals surface area contributed by atoms with Gasteiger partial charge in [-0.05, 0) is 12.8 Å². The molecular weight excluding hydrogens is 232 g/mol. The summed E-state index contributed by atoms with van der Waals surface area (Å²) < 4.78 is 25.9. The average Bonchev–Trinajstić information content (AvgIpc) is 2.58. The minimum atomic E-state index is -2.64. The lowest BCUT2D eigenvalue weighted by molar-refractivity contribution is -0.139. The van der Waals surface area contributed by atoms with Gasteiger partial charge in [0.2, 0.25) is 11.8 Å². The predicted octanol–water partition coefficient (Wildman–Crippen LogP) is 0.376. The fourth-order valence-corrected chi connectivity index (χ4v) is 2.49. The number of aliphatic hydroxyl groups is 2. The summed E-state index contributed by atoms with van der Waals surface area (Å²) in [7, 11) is 0. The molecule has 98 valence electrons. The van der Waals surface area contributed by atoms with Crippen molar-refractivity contribution in [3.05, 3.63) is 0 Å². The summed E-state index contributed by atoms with van der Waals surface area (Å²) in [6, 6.07) is 0. The van der Waals surface area contributed by atoms with Gasteiger partial charge in [-0.3, -0.25) is 4.79 Å². The molecule has 0 spiro atoms. The fraction of sp³-hybridized carbons (Fsp3) is 0.909. The molecule has 1 heterocycles. The van der Waals surface area contributed by atoms with Gasteiger partial charge in [0.25, 0.3) is 0 Å². The van der Waals surface area contributed by atoms with Crippen LogP contribution in [0.3, 0.4) is 0 Å². The van der Waals surface area contributed by atoms with Crippen molar-refractivity contribution in [1.29, 1.82) is 0 Å². The molecule has 17 heavy (non-hydrogen) atoms. The monoisotopic (exact) mass is 249 g/mol. The molecular formula is C11H17F2NO3. The van der Waals surface area contributed by atoms with Crippen LogP contribution in [0.4, 0.5) is 8.78 Å². The number of carbonyl (C=O) groups excluding carboxylic acids is 1. The van der Waals surface area contributed by atoms with E-state index in [9.17, 15) is 23.8 Å². The summed E-state index contributed by atoms with van der Waals surface area (Å²) >= 11 is 0. The van der Waals surface area contributed by atoms with Gasteiger partial charge in [0, 0.05) is 31.8 Å². The Morgan fingerprint density at radius 1 is 1.12 bits per heavy atom. The smallest absolute Gasteiger partial charge is 0.248 e. The van der Waals surface area contributed by atoms with Gasteiger partial charge in [-0.2, -0.15) is 0 Å². The molecule has 1 amide bonds. The number of hydrogen-bond donors (Lipinski definition) is 2. The summed E-state index contributed by atoms with van der Waals surface area (Å²) in [6.45, 7) is 0.208. The minimum Gasteiger partial charge on any atom is -0.388 e. The molecule has 0 aromatic heterocycles. The molecule has 2 rings (SSSR count). The van der Waals surface area contributed by atoms with E-state index in [4.69, 9.17) is 0 Å². The molecule has 1 saturated carbocycles. The second-order valence-electron chi connectivity index (χ2n) is 5.01. The maximum absolute atomic E-state index is 12.9. The van der Waals surface area contributed by atoms with Crippen LogP contribution in [0.5, 0.6) is 0 Å². The Morgan fingerprint density at radius 2 is 1.59 bits per heavy atom. The number of halogens is 2. The van der Waals surface area contributed by atoms with Crippen LogP contribution in [0.15, 0.2) is 0 Å². The second kappa shape index (κ2) is 4.49. The molecule has 0 aromatic rings. The van der Waals surface area contributed by atoms with Crippen molar-refractivity contribution in [2.45, 2.75) is 43.8 Å². The molecule has 1 aliphatic heterocycles. The van der Waals surface area contributed by atoms with E-state index >= 15 is 0 Å². The van der Waals surface area contributed by atoms with Gasteiger partial charge in [-0.1, -0.05) is 0 Å². The summed E-state index contributed by atoms with van der Waals surface area (Å²) in [5, 5.41) is 18.7. The Hall–Kier alpha value is -0.750. The third-order valence-corrected chi connectivity index (χ3v) is 3.64. The Balaban J connectivity index is 1.89.